The molecule has 0 aliphatic rings. The topological polar surface area (TPSA) is 43.6 Å². The maximum atomic E-state index is 5.44. The number of nitrogens with zero attached hydrogens (tertiary/aromatic N) is 4. The fraction of sp³-hybridized carbons (Fsp3) is 0. The maximum Gasteiger partial charge on any atom is 0.160 e. The fourth-order valence-electron chi connectivity index (χ4n) is 8.70. The van der Waals surface area contributed by atoms with Gasteiger partial charge in [0, 0.05) is 64.3 Å². The minimum atomic E-state index is 0.669. The molecule has 4 nitrogen and oxygen atoms in total. The standard InChI is InChI=1S/C53H32N4S/c1-2-14-34(15-3-1)44-32-45(35-25-28-38(29-26-35)57-46-22-9-6-19-40(46)41-20-7-10-23-47(41)57)56-53(55-44)37-17-12-16-36(31-37)51-50-42-21-8-11-24-48(42)58-52(50)49-39-18-5-4-13-33(39)27-30-43(49)54-51/h1-32H. The lowest BCUT2D eigenvalue weighted by Crippen LogP contribution is -1.97. The molecule has 0 radical (unpaired) electrons. The molecule has 0 bridgehead atoms. The zero-order valence-corrected chi connectivity index (χ0v) is 32.0. The van der Waals surface area contributed by atoms with Crippen LogP contribution in [0.3, 0.4) is 0 Å². The predicted octanol–water partition coefficient (Wildman–Crippen LogP) is 14.3. The maximum absolute atomic E-state index is 5.44. The minimum Gasteiger partial charge on any atom is -0.309 e. The Morgan fingerprint density at radius 3 is 1.76 bits per heavy atom. The van der Waals surface area contributed by atoms with Gasteiger partial charge in [-0.25, -0.2) is 15.0 Å². The lowest BCUT2D eigenvalue weighted by molar-refractivity contribution is 1.17. The Balaban J connectivity index is 1.02. The van der Waals surface area contributed by atoms with Crippen molar-refractivity contribution in [3.63, 3.8) is 0 Å². The van der Waals surface area contributed by atoms with E-state index in [2.05, 4.69) is 193 Å². The monoisotopic (exact) mass is 756 g/mol. The number of hydrogen-bond donors (Lipinski definition) is 0. The second kappa shape index (κ2) is 13.1. The van der Waals surface area contributed by atoms with Gasteiger partial charge in [0.25, 0.3) is 0 Å². The van der Waals surface area contributed by atoms with Crippen LogP contribution >= 0.6 is 11.3 Å². The Morgan fingerprint density at radius 2 is 1.00 bits per heavy atom. The molecule has 0 spiro atoms. The van der Waals surface area contributed by atoms with Crippen LogP contribution in [0.5, 0.6) is 0 Å². The molecule has 12 rings (SSSR count). The van der Waals surface area contributed by atoms with Gasteiger partial charge in [-0.3, -0.25) is 0 Å². The van der Waals surface area contributed by atoms with Crippen molar-refractivity contribution in [1.29, 1.82) is 0 Å². The van der Waals surface area contributed by atoms with Crippen LogP contribution in [-0.2, 0) is 0 Å². The molecule has 4 heterocycles. The van der Waals surface area contributed by atoms with E-state index in [9.17, 15) is 0 Å². The average Bonchev–Trinajstić information content (AvgIpc) is 3.85. The van der Waals surface area contributed by atoms with Crippen LogP contribution in [-0.4, -0.2) is 19.5 Å². The Kier molecular flexibility index (Phi) is 7.37. The summed E-state index contributed by atoms with van der Waals surface area (Å²) < 4.78 is 4.86. The number of pyridine rings is 1. The van der Waals surface area contributed by atoms with Crippen LogP contribution in [0.4, 0.5) is 0 Å². The third-order valence-electron chi connectivity index (χ3n) is 11.4. The molecular formula is C53H32N4S. The quantitative estimate of drug-likeness (QED) is 0.164. The summed E-state index contributed by atoms with van der Waals surface area (Å²) in [6.45, 7) is 0. The number of para-hydroxylation sites is 2. The lowest BCUT2D eigenvalue weighted by atomic mass is 9.98. The van der Waals surface area contributed by atoms with Gasteiger partial charge in [0.05, 0.1) is 33.6 Å². The first-order chi connectivity index (χ1) is 28.7. The van der Waals surface area contributed by atoms with E-state index in [1.165, 1.54) is 58.1 Å². The average molecular weight is 757 g/mol. The summed E-state index contributed by atoms with van der Waals surface area (Å²) >= 11 is 1.85. The molecule has 8 aromatic carbocycles. The second-order valence-electron chi connectivity index (χ2n) is 14.8. The number of fused-ring (bicyclic) bond motifs is 10. The molecule has 0 aliphatic carbocycles. The summed E-state index contributed by atoms with van der Waals surface area (Å²) in [6, 6.07) is 68.7. The second-order valence-corrected chi connectivity index (χ2v) is 15.8. The molecule has 5 heteroatoms. The van der Waals surface area contributed by atoms with E-state index in [0.717, 1.165) is 50.5 Å². The molecule has 0 saturated carbocycles. The van der Waals surface area contributed by atoms with Crippen molar-refractivity contribution >= 4 is 75.0 Å². The van der Waals surface area contributed by atoms with Crippen molar-refractivity contribution in [3.8, 4) is 50.8 Å². The molecular weight excluding hydrogens is 725 g/mol. The van der Waals surface area contributed by atoms with E-state index in [1.807, 2.05) is 17.4 Å². The highest BCUT2D eigenvalue weighted by molar-refractivity contribution is 7.27. The molecule has 4 aromatic heterocycles. The Bertz CT molecular complexity index is 3510. The largest absolute Gasteiger partial charge is 0.309 e. The molecule has 0 aliphatic heterocycles. The van der Waals surface area contributed by atoms with E-state index >= 15 is 0 Å². The highest BCUT2D eigenvalue weighted by Gasteiger charge is 2.19. The third kappa shape index (κ3) is 5.18. The molecule has 270 valence electrons. The smallest absolute Gasteiger partial charge is 0.160 e. The van der Waals surface area contributed by atoms with Gasteiger partial charge >= 0.3 is 0 Å². The molecule has 0 unspecified atom stereocenters. The summed E-state index contributed by atoms with van der Waals surface area (Å²) in [5, 5.41) is 8.56. The summed E-state index contributed by atoms with van der Waals surface area (Å²) in [6.07, 6.45) is 0. The molecule has 0 amide bonds. The Hall–Kier alpha value is -7.47. The van der Waals surface area contributed by atoms with Crippen LogP contribution in [0.1, 0.15) is 0 Å². The van der Waals surface area contributed by atoms with Crippen LogP contribution < -0.4 is 0 Å². The zero-order chi connectivity index (χ0) is 38.2. The van der Waals surface area contributed by atoms with Crippen molar-refractivity contribution in [2.45, 2.75) is 0 Å². The van der Waals surface area contributed by atoms with Crippen LogP contribution in [0.15, 0.2) is 194 Å². The minimum absolute atomic E-state index is 0.669. The van der Waals surface area contributed by atoms with Gasteiger partial charge in [0.1, 0.15) is 0 Å². The first-order valence-electron chi connectivity index (χ1n) is 19.5. The van der Waals surface area contributed by atoms with E-state index in [1.54, 1.807) is 0 Å². The molecule has 0 N–H and O–H groups in total. The van der Waals surface area contributed by atoms with Crippen molar-refractivity contribution in [2.75, 3.05) is 0 Å². The first-order valence-corrected chi connectivity index (χ1v) is 20.3. The number of rotatable bonds is 5. The van der Waals surface area contributed by atoms with Gasteiger partial charge in [0.2, 0.25) is 0 Å². The van der Waals surface area contributed by atoms with Crippen molar-refractivity contribution in [2.24, 2.45) is 0 Å². The summed E-state index contributed by atoms with van der Waals surface area (Å²) in [7, 11) is 0. The predicted molar refractivity (Wildman–Crippen MR) is 244 cm³/mol. The Labute approximate surface area is 338 Å². The fourth-order valence-corrected chi connectivity index (χ4v) is 9.97. The summed E-state index contributed by atoms with van der Waals surface area (Å²) in [5.41, 5.74) is 11.2. The SMILES string of the molecule is c1ccc(-c2cc(-c3ccc(-n4c5ccccc5c5ccccc54)cc3)nc(-c3cccc(-c4nc5ccc6ccccc6c5c5sc6ccccc6c45)c3)n2)cc1. The Morgan fingerprint density at radius 1 is 0.397 bits per heavy atom. The molecule has 0 atom stereocenters. The summed E-state index contributed by atoms with van der Waals surface area (Å²) in [5.74, 6) is 0.669. The number of hydrogen-bond acceptors (Lipinski definition) is 4. The zero-order valence-electron chi connectivity index (χ0n) is 31.2. The number of aromatic nitrogens is 4. The van der Waals surface area contributed by atoms with Crippen LogP contribution in [0.2, 0.25) is 0 Å². The molecule has 0 fully saturated rings. The third-order valence-corrected chi connectivity index (χ3v) is 12.6. The van der Waals surface area contributed by atoms with Gasteiger partial charge in [-0.05, 0) is 59.3 Å². The highest BCUT2D eigenvalue weighted by atomic mass is 32.1. The molecule has 58 heavy (non-hydrogen) atoms. The first kappa shape index (κ1) is 32.7. The van der Waals surface area contributed by atoms with Gasteiger partial charge in [0.15, 0.2) is 5.82 Å². The van der Waals surface area contributed by atoms with E-state index in [0.29, 0.717) is 5.82 Å². The normalized spacial score (nSPS) is 11.8. The highest BCUT2D eigenvalue weighted by Crippen LogP contribution is 2.45. The van der Waals surface area contributed by atoms with E-state index < -0.39 is 0 Å². The van der Waals surface area contributed by atoms with Crippen LogP contribution in [0, 0.1) is 0 Å². The van der Waals surface area contributed by atoms with Gasteiger partial charge in [-0.15, -0.1) is 11.3 Å². The van der Waals surface area contributed by atoms with E-state index in [-0.39, 0.29) is 0 Å². The molecule has 0 saturated heterocycles. The van der Waals surface area contributed by atoms with E-state index in [4.69, 9.17) is 15.0 Å². The number of benzene rings is 8. The summed E-state index contributed by atoms with van der Waals surface area (Å²) in [4.78, 5) is 15.9. The van der Waals surface area contributed by atoms with Crippen molar-refractivity contribution < 1.29 is 0 Å². The molecule has 12 aromatic rings. The van der Waals surface area contributed by atoms with Gasteiger partial charge < -0.3 is 4.57 Å². The lowest BCUT2D eigenvalue weighted by Gasteiger charge is -2.13. The van der Waals surface area contributed by atoms with Crippen LogP contribution in [0.25, 0.3) is 115 Å². The van der Waals surface area contributed by atoms with Gasteiger partial charge in [-0.2, -0.15) is 0 Å². The van der Waals surface area contributed by atoms with Crippen molar-refractivity contribution in [1.82, 2.24) is 19.5 Å². The van der Waals surface area contributed by atoms with Crippen molar-refractivity contribution in [3.05, 3.63) is 194 Å². The number of thiophene rings is 1. The van der Waals surface area contributed by atoms with Gasteiger partial charge in [-0.1, -0.05) is 146 Å².